The molecule has 6 heteroatoms. The standard InChI is InChI=1S/C11H18N4OS/c1-6(2)7-3-15(4-8(7)12)11-14-9(5-17-11)10(13)16/h5-8H,3-4,12H2,1-2H3,(H2,13,16)/t7-,8+/m0/s1. The van der Waals surface area contributed by atoms with Crippen molar-refractivity contribution >= 4 is 22.4 Å². The van der Waals surface area contributed by atoms with Gasteiger partial charge in [0, 0.05) is 24.5 Å². The van der Waals surface area contributed by atoms with Crippen LogP contribution in [-0.4, -0.2) is 30.0 Å². The van der Waals surface area contributed by atoms with Gasteiger partial charge in [0.1, 0.15) is 5.69 Å². The SMILES string of the molecule is CC(C)[C@@H]1CN(c2nc(C(N)=O)cs2)C[C@H]1N. The summed E-state index contributed by atoms with van der Waals surface area (Å²) in [6.07, 6.45) is 0. The van der Waals surface area contributed by atoms with Crippen LogP contribution in [0.4, 0.5) is 5.13 Å². The largest absolute Gasteiger partial charge is 0.364 e. The fourth-order valence-corrected chi connectivity index (χ4v) is 3.07. The first-order chi connectivity index (χ1) is 7.99. The van der Waals surface area contributed by atoms with Crippen molar-refractivity contribution in [2.75, 3.05) is 18.0 Å². The molecule has 1 aliphatic heterocycles. The van der Waals surface area contributed by atoms with E-state index in [1.807, 2.05) is 0 Å². The Morgan fingerprint density at radius 1 is 1.59 bits per heavy atom. The van der Waals surface area contributed by atoms with E-state index in [2.05, 4.69) is 23.7 Å². The number of amides is 1. The Labute approximate surface area is 105 Å². The molecule has 0 aliphatic carbocycles. The van der Waals surface area contributed by atoms with Crippen LogP contribution in [0.5, 0.6) is 0 Å². The van der Waals surface area contributed by atoms with Gasteiger partial charge in [-0.1, -0.05) is 13.8 Å². The van der Waals surface area contributed by atoms with Crippen molar-refractivity contribution in [3.63, 3.8) is 0 Å². The van der Waals surface area contributed by atoms with Crippen LogP contribution < -0.4 is 16.4 Å². The number of rotatable bonds is 3. The third kappa shape index (κ3) is 2.42. The fourth-order valence-electron chi connectivity index (χ4n) is 2.24. The lowest BCUT2D eigenvalue weighted by Gasteiger charge is -2.17. The number of primary amides is 1. The van der Waals surface area contributed by atoms with Gasteiger partial charge in [0.25, 0.3) is 5.91 Å². The van der Waals surface area contributed by atoms with Gasteiger partial charge in [-0.2, -0.15) is 0 Å². The van der Waals surface area contributed by atoms with Crippen molar-refractivity contribution in [2.45, 2.75) is 19.9 Å². The Hall–Kier alpha value is -1.14. The first kappa shape index (κ1) is 12.3. The van der Waals surface area contributed by atoms with Crippen LogP contribution in [0.2, 0.25) is 0 Å². The molecule has 0 radical (unpaired) electrons. The van der Waals surface area contributed by atoms with E-state index in [1.54, 1.807) is 5.38 Å². The molecule has 0 bridgehead atoms. The lowest BCUT2D eigenvalue weighted by molar-refractivity contribution is 0.0996. The highest BCUT2D eigenvalue weighted by molar-refractivity contribution is 7.13. The average molecular weight is 254 g/mol. The van der Waals surface area contributed by atoms with Crippen LogP contribution in [0.15, 0.2) is 5.38 Å². The third-order valence-corrected chi connectivity index (χ3v) is 4.19. The third-order valence-electron chi connectivity index (χ3n) is 3.28. The van der Waals surface area contributed by atoms with Crippen molar-refractivity contribution in [2.24, 2.45) is 23.3 Å². The number of aromatic nitrogens is 1. The minimum absolute atomic E-state index is 0.177. The Morgan fingerprint density at radius 2 is 2.29 bits per heavy atom. The van der Waals surface area contributed by atoms with Gasteiger partial charge in [0.15, 0.2) is 5.13 Å². The van der Waals surface area contributed by atoms with E-state index < -0.39 is 5.91 Å². The quantitative estimate of drug-likeness (QED) is 0.830. The molecule has 2 heterocycles. The van der Waals surface area contributed by atoms with E-state index in [-0.39, 0.29) is 6.04 Å². The topological polar surface area (TPSA) is 85.2 Å². The summed E-state index contributed by atoms with van der Waals surface area (Å²) in [6, 6.07) is 0.177. The molecule has 1 fully saturated rings. The number of nitrogens with zero attached hydrogens (tertiary/aromatic N) is 2. The molecule has 17 heavy (non-hydrogen) atoms. The second kappa shape index (κ2) is 4.62. The fraction of sp³-hybridized carbons (Fsp3) is 0.636. The van der Waals surface area contributed by atoms with E-state index >= 15 is 0 Å². The summed E-state index contributed by atoms with van der Waals surface area (Å²) in [4.78, 5) is 17.4. The Kier molecular flexibility index (Phi) is 3.35. The minimum Gasteiger partial charge on any atom is -0.364 e. The number of thiazole rings is 1. The number of carbonyl (C=O) groups excluding carboxylic acids is 1. The average Bonchev–Trinajstić information content (AvgIpc) is 2.82. The van der Waals surface area contributed by atoms with Crippen molar-refractivity contribution in [3.8, 4) is 0 Å². The Balaban J connectivity index is 2.11. The second-order valence-corrected chi connectivity index (χ2v) is 5.69. The summed E-state index contributed by atoms with van der Waals surface area (Å²) >= 11 is 1.45. The number of anilines is 1. The zero-order valence-corrected chi connectivity index (χ0v) is 10.9. The smallest absolute Gasteiger partial charge is 0.268 e. The summed E-state index contributed by atoms with van der Waals surface area (Å²) < 4.78 is 0. The molecule has 1 aromatic heterocycles. The van der Waals surface area contributed by atoms with Crippen molar-refractivity contribution in [1.29, 1.82) is 0 Å². The molecular weight excluding hydrogens is 236 g/mol. The first-order valence-corrected chi connectivity index (χ1v) is 6.63. The van der Waals surface area contributed by atoms with Crippen LogP contribution >= 0.6 is 11.3 Å². The number of nitrogens with two attached hydrogens (primary N) is 2. The maximum atomic E-state index is 11.0. The normalized spacial score (nSPS) is 24.6. The summed E-state index contributed by atoms with van der Waals surface area (Å²) in [5.41, 5.74) is 11.6. The maximum Gasteiger partial charge on any atom is 0.268 e. The van der Waals surface area contributed by atoms with Crippen LogP contribution in [-0.2, 0) is 0 Å². The van der Waals surface area contributed by atoms with Crippen molar-refractivity contribution in [3.05, 3.63) is 11.1 Å². The predicted octanol–water partition coefficient (Wildman–Crippen LogP) is 0.662. The number of hydrogen-bond donors (Lipinski definition) is 2. The van der Waals surface area contributed by atoms with Gasteiger partial charge in [0.05, 0.1) is 0 Å². The van der Waals surface area contributed by atoms with Crippen molar-refractivity contribution < 1.29 is 4.79 Å². The molecule has 0 saturated carbocycles. The van der Waals surface area contributed by atoms with Crippen LogP contribution in [0, 0.1) is 11.8 Å². The molecular formula is C11H18N4OS. The van der Waals surface area contributed by atoms with E-state index in [1.165, 1.54) is 11.3 Å². The molecule has 0 unspecified atom stereocenters. The van der Waals surface area contributed by atoms with Crippen LogP contribution in [0.1, 0.15) is 24.3 Å². The van der Waals surface area contributed by atoms with Gasteiger partial charge in [-0.05, 0) is 11.8 Å². The number of hydrogen-bond acceptors (Lipinski definition) is 5. The molecule has 1 amide bonds. The molecule has 0 aromatic carbocycles. The monoisotopic (exact) mass is 254 g/mol. The van der Waals surface area contributed by atoms with E-state index in [0.29, 0.717) is 17.5 Å². The zero-order valence-electron chi connectivity index (χ0n) is 10.1. The summed E-state index contributed by atoms with van der Waals surface area (Å²) in [5, 5.41) is 2.55. The Morgan fingerprint density at radius 3 is 2.76 bits per heavy atom. The lowest BCUT2D eigenvalue weighted by atomic mass is 9.92. The van der Waals surface area contributed by atoms with Gasteiger partial charge in [0.2, 0.25) is 0 Å². The molecule has 2 rings (SSSR count). The molecule has 1 aromatic rings. The highest BCUT2D eigenvalue weighted by atomic mass is 32.1. The van der Waals surface area contributed by atoms with Crippen molar-refractivity contribution in [1.82, 2.24) is 4.98 Å². The van der Waals surface area contributed by atoms with E-state index in [0.717, 1.165) is 18.2 Å². The second-order valence-electron chi connectivity index (χ2n) is 4.86. The maximum absolute atomic E-state index is 11.0. The highest BCUT2D eigenvalue weighted by Gasteiger charge is 2.33. The van der Waals surface area contributed by atoms with Gasteiger partial charge in [-0.25, -0.2) is 4.98 Å². The lowest BCUT2D eigenvalue weighted by Crippen LogP contribution is -2.32. The molecule has 1 aliphatic rings. The molecule has 4 N–H and O–H groups in total. The molecule has 5 nitrogen and oxygen atoms in total. The first-order valence-electron chi connectivity index (χ1n) is 5.75. The van der Waals surface area contributed by atoms with Gasteiger partial charge >= 0.3 is 0 Å². The molecule has 0 spiro atoms. The Bertz CT molecular complexity index is 417. The van der Waals surface area contributed by atoms with E-state index in [9.17, 15) is 4.79 Å². The minimum atomic E-state index is -0.476. The molecule has 1 saturated heterocycles. The summed E-state index contributed by atoms with van der Waals surface area (Å²) in [7, 11) is 0. The predicted molar refractivity (Wildman–Crippen MR) is 69.1 cm³/mol. The van der Waals surface area contributed by atoms with E-state index in [4.69, 9.17) is 11.5 Å². The summed E-state index contributed by atoms with van der Waals surface area (Å²) in [5.74, 6) is 0.568. The number of carbonyl (C=O) groups is 1. The highest BCUT2D eigenvalue weighted by Crippen LogP contribution is 2.29. The molecule has 2 atom stereocenters. The molecule has 94 valence electrons. The zero-order chi connectivity index (χ0) is 12.6. The van der Waals surface area contributed by atoms with Gasteiger partial charge < -0.3 is 16.4 Å². The van der Waals surface area contributed by atoms with Gasteiger partial charge in [-0.3, -0.25) is 4.79 Å². The summed E-state index contributed by atoms with van der Waals surface area (Å²) in [6.45, 7) is 6.08. The van der Waals surface area contributed by atoms with Crippen LogP contribution in [0.3, 0.4) is 0 Å². The van der Waals surface area contributed by atoms with Gasteiger partial charge in [-0.15, -0.1) is 11.3 Å². The van der Waals surface area contributed by atoms with Crippen LogP contribution in [0.25, 0.3) is 0 Å².